The Balaban J connectivity index is 1.34. The highest BCUT2D eigenvalue weighted by atomic mass is 32.1. The number of carbonyl (C=O) groups excluding carboxylic acids is 1. The van der Waals surface area contributed by atoms with Crippen LogP contribution in [-0.2, 0) is 4.79 Å². The van der Waals surface area contributed by atoms with E-state index in [0.29, 0.717) is 24.4 Å². The molecule has 2 aromatic carbocycles. The number of fused-ring (bicyclic) bond motifs is 1. The van der Waals surface area contributed by atoms with Crippen LogP contribution in [0.15, 0.2) is 47.8 Å². The number of nitrogens with zero attached hydrogens (tertiary/aromatic N) is 3. The smallest absolute Gasteiger partial charge is 0.250 e. The minimum atomic E-state index is -0.293. The number of hydrogen-bond acceptors (Lipinski definition) is 5. The number of carbonyl (C=O) groups is 1. The van der Waals surface area contributed by atoms with E-state index in [1.165, 1.54) is 23.5 Å². The van der Waals surface area contributed by atoms with E-state index in [-0.39, 0.29) is 17.7 Å². The Labute approximate surface area is 177 Å². The van der Waals surface area contributed by atoms with E-state index in [1.54, 1.807) is 16.6 Å². The Morgan fingerprint density at radius 1 is 1.17 bits per heavy atom. The van der Waals surface area contributed by atoms with Gasteiger partial charge in [-0.15, -0.1) is 16.4 Å². The van der Waals surface area contributed by atoms with Crippen LogP contribution in [-0.4, -0.2) is 27.1 Å². The molecule has 2 heterocycles. The second kappa shape index (κ2) is 8.62. The number of aromatic nitrogens is 3. The molecule has 0 radical (unpaired) electrons. The van der Waals surface area contributed by atoms with E-state index < -0.39 is 0 Å². The third kappa shape index (κ3) is 4.33. The van der Waals surface area contributed by atoms with Crippen molar-refractivity contribution in [2.24, 2.45) is 0 Å². The second-order valence-corrected chi connectivity index (χ2v) is 7.82. The fourth-order valence-corrected chi connectivity index (χ4v) is 4.01. The summed E-state index contributed by atoms with van der Waals surface area (Å²) in [5.74, 6) is 0.674. The highest BCUT2D eigenvalue weighted by molar-refractivity contribution is 7.15. The molecule has 1 N–H and O–H groups in total. The second-order valence-electron chi connectivity index (χ2n) is 6.98. The summed E-state index contributed by atoms with van der Waals surface area (Å²) in [6, 6.07) is 12.2. The first-order valence-electron chi connectivity index (χ1n) is 9.60. The predicted molar refractivity (Wildman–Crippen MR) is 116 cm³/mol. The summed E-state index contributed by atoms with van der Waals surface area (Å²) in [5, 5.41) is 9.01. The number of nitrogens with one attached hydrogen (secondary N) is 1. The molecule has 1 amide bonds. The zero-order chi connectivity index (χ0) is 21.1. The number of amides is 1. The number of ether oxygens (including phenoxy) is 1. The van der Waals surface area contributed by atoms with Crippen LogP contribution >= 0.6 is 11.3 Å². The van der Waals surface area contributed by atoms with Crippen LogP contribution in [0.3, 0.4) is 0 Å². The molecule has 6 nitrogen and oxygen atoms in total. The van der Waals surface area contributed by atoms with Crippen LogP contribution in [0.4, 0.5) is 10.3 Å². The van der Waals surface area contributed by atoms with Gasteiger partial charge in [-0.3, -0.25) is 10.1 Å². The number of rotatable bonds is 7. The third-order valence-corrected chi connectivity index (χ3v) is 5.49. The largest absolute Gasteiger partial charge is 0.493 e. The number of hydrogen-bond donors (Lipinski definition) is 1. The van der Waals surface area contributed by atoms with Gasteiger partial charge in [-0.1, -0.05) is 18.2 Å². The Bertz CT molecular complexity index is 1160. The average Bonchev–Trinajstić information content (AvgIpc) is 3.28. The molecule has 30 heavy (non-hydrogen) atoms. The first-order chi connectivity index (χ1) is 14.5. The first-order valence-corrected chi connectivity index (χ1v) is 10.5. The molecule has 0 bridgehead atoms. The van der Waals surface area contributed by atoms with Crippen LogP contribution in [0.25, 0.3) is 16.2 Å². The third-order valence-electron chi connectivity index (χ3n) is 4.68. The van der Waals surface area contributed by atoms with Gasteiger partial charge in [-0.05, 0) is 55.7 Å². The number of anilines is 1. The normalized spacial score (nSPS) is 11.0. The quantitative estimate of drug-likeness (QED) is 0.424. The molecule has 0 aliphatic heterocycles. The molecule has 154 valence electrons. The summed E-state index contributed by atoms with van der Waals surface area (Å²) in [5.41, 5.74) is 3.79. The maximum Gasteiger partial charge on any atom is 0.250 e. The van der Waals surface area contributed by atoms with Gasteiger partial charge in [0.05, 0.1) is 12.3 Å². The maximum atomic E-state index is 13.2. The van der Waals surface area contributed by atoms with Crippen LogP contribution in [0.5, 0.6) is 5.75 Å². The van der Waals surface area contributed by atoms with E-state index in [9.17, 15) is 9.18 Å². The van der Waals surface area contributed by atoms with E-state index >= 15 is 0 Å². The molecule has 4 aromatic rings. The van der Waals surface area contributed by atoms with Gasteiger partial charge in [0, 0.05) is 17.4 Å². The summed E-state index contributed by atoms with van der Waals surface area (Å²) >= 11 is 1.41. The maximum absolute atomic E-state index is 13.2. The average molecular weight is 425 g/mol. The topological polar surface area (TPSA) is 68.5 Å². The van der Waals surface area contributed by atoms with Crippen molar-refractivity contribution < 1.29 is 13.9 Å². The lowest BCUT2D eigenvalue weighted by Crippen LogP contribution is -2.14. The zero-order valence-corrected chi connectivity index (χ0v) is 17.5. The fraction of sp³-hybridized carbons (Fsp3) is 0.227. The van der Waals surface area contributed by atoms with Crippen molar-refractivity contribution in [3.8, 4) is 17.0 Å². The number of thiazole rings is 1. The van der Waals surface area contributed by atoms with Crippen molar-refractivity contribution in [1.82, 2.24) is 14.6 Å². The van der Waals surface area contributed by atoms with Crippen molar-refractivity contribution >= 4 is 28.2 Å². The Morgan fingerprint density at radius 3 is 2.63 bits per heavy atom. The zero-order valence-electron chi connectivity index (χ0n) is 16.7. The monoisotopic (exact) mass is 424 g/mol. The number of aryl methyl sites for hydroxylation is 2. The summed E-state index contributed by atoms with van der Waals surface area (Å²) in [6.45, 7) is 4.47. The Hall–Kier alpha value is -3.26. The molecule has 0 saturated heterocycles. The van der Waals surface area contributed by atoms with Crippen LogP contribution in [0, 0.1) is 19.7 Å². The molecule has 0 aliphatic rings. The van der Waals surface area contributed by atoms with Crippen LogP contribution in [0.2, 0.25) is 0 Å². The molecule has 0 spiro atoms. The molecule has 4 rings (SSSR count). The predicted octanol–water partition coefficient (Wildman–Crippen LogP) is 5.01. The molecule has 8 heteroatoms. The number of halogens is 1. The van der Waals surface area contributed by atoms with Crippen LogP contribution < -0.4 is 10.1 Å². The molecule has 0 unspecified atom stereocenters. The van der Waals surface area contributed by atoms with Gasteiger partial charge in [-0.2, -0.15) is 4.98 Å². The molecule has 0 aliphatic carbocycles. The summed E-state index contributed by atoms with van der Waals surface area (Å²) in [7, 11) is 0. The van der Waals surface area contributed by atoms with Gasteiger partial charge in [0.1, 0.15) is 11.6 Å². The van der Waals surface area contributed by atoms with Gasteiger partial charge < -0.3 is 4.74 Å². The van der Waals surface area contributed by atoms with Gasteiger partial charge in [0.25, 0.3) is 0 Å². The number of para-hydroxylation sites is 1. The van der Waals surface area contributed by atoms with E-state index in [1.807, 2.05) is 37.4 Å². The highest BCUT2D eigenvalue weighted by Crippen LogP contribution is 2.26. The molecule has 0 saturated carbocycles. The molecule has 2 aromatic heterocycles. The lowest BCUT2D eigenvalue weighted by Gasteiger charge is -2.11. The van der Waals surface area contributed by atoms with Gasteiger partial charge in [0.2, 0.25) is 16.8 Å². The van der Waals surface area contributed by atoms with Crippen LogP contribution in [0.1, 0.15) is 24.0 Å². The molecule has 0 fully saturated rings. The first kappa shape index (κ1) is 20.0. The van der Waals surface area contributed by atoms with Gasteiger partial charge in [-0.25, -0.2) is 8.91 Å². The summed E-state index contributed by atoms with van der Waals surface area (Å²) < 4.78 is 20.7. The van der Waals surface area contributed by atoms with E-state index in [2.05, 4.69) is 15.4 Å². The summed E-state index contributed by atoms with van der Waals surface area (Å²) in [4.78, 5) is 17.3. The van der Waals surface area contributed by atoms with Crippen molar-refractivity contribution in [2.75, 3.05) is 11.9 Å². The minimum absolute atomic E-state index is 0.165. The fourth-order valence-electron chi connectivity index (χ4n) is 3.17. The summed E-state index contributed by atoms with van der Waals surface area (Å²) in [6.07, 6.45) is 0.894. The highest BCUT2D eigenvalue weighted by Gasteiger charge is 2.13. The van der Waals surface area contributed by atoms with Gasteiger partial charge in [0.15, 0.2) is 0 Å². The molecular formula is C22H21FN4O2S. The minimum Gasteiger partial charge on any atom is -0.493 e. The Kier molecular flexibility index (Phi) is 5.76. The van der Waals surface area contributed by atoms with Crippen molar-refractivity contribution in [3.63, 3.8) is 0 Å². The van der Waals surface area contributed by atoms with Crippen molar-refractivity contribution in [3.05, 3.63) is 64.8 Å². The molecular weight excluding hydrogens is 403 g/mol. The van der Waals surface area contributed by atoms with Crippen molar-refractivity contribution in [1.29, 1.82) is 0 Å². The lowest BCUT2D eigenvalue weighted by molar-refractivity contribution is -0.116. The molecule has 0 atom stereocenters. The van der Waals surface area contributed by atoms with Gasteiger partial charge >= 0.3 is 0 Å². The van der Waals surface area contributed by atoms with Crippen molar-refractivity contribution in [2.45, 2.75) is 26.7 Å². The number of benzene rings is 2. The van der Waals surface area contributed by atoms with E-state index in [0.717, 1.165) is 28.1 Å². The van der Waals surface area contributed by atoms with E-state index in [4.69, 9.17) is 4.74 Å². The Morgan fingerprint density at radius 2 is 1.90 bits per heavy atom. The SMILES string of the molecule is Cc1cccc(C)c1OCCCC(=O)Nc1nc2scc(-c3ccc(F)cc3)n2n1. The standard InChI is InChI=1S/C22H21FN4O2S/c1-14-5-3-6-15(2)20(14)29-12-4-7-19(28)24-21-25-22-27(26-21)18(13-30-22)16-8-10-17(23)11-9-16/h3,5-6,8-11,13H,4,7,12H2,1-2H3,(H,24,26,28). The lowest BCUT2D eigenvalue weighted by atomic mass is 10.1.